The third-order valence-corrected chi connectivity index (χ3v) is 0.999. The summed E-state index contributed by atoms with van der Waals surface area (Å²) in [7, 11) is 1.61. The quantitative estimate of drug-likeness (QED) is 0.481. The molecule has 0 aromatic rings. The molecule has 0 aromatic heterocycles. The summed E-state index contributed by atoms with van der Waals surface area (Å²) in [5.41, 5.74) is 0. The molecule has 0 radical (unpaired) electrons. The van der Waals surface area contributed by atoms with Crippen LogP contribution in [-0.4, -0.2) is 30.2 Å². The number of hydroxylamine groups is 1. The minimum absolute atomic E-state index is 0.540. The molecule has 0 unspecified atom stereocenters. The van der Waals surface area contributed by atoms with E-state index in [1.807, 2.05) is 6.08 Å². The maximum absolute atomic E-state index is 10.1. The van der Waals surface area contributed by atoms with Crippen molar-refractivity contribution in [1.29, 1.82) is 0 Å². The van der Waals surface area contributed by atoms with Crippen LogP contribution in [0, 0.1) is 0 Å². The summed E-state index contributed by atoms with van der Waals surface area (Å²) >= 11 is 0. The van der Waals surface area contributed by atoms with E-state index < -0.39 is 0 Å². The van der Waals surface area contributed by atoms with Gasteiger partial charge in [-0.3, -0.25) is 4.79 Å². The Morgan fingerprint density at radius 3 is 3.11 bits per heavy atom. The van der Waals surface area contributed by atoms with Crippen LogP contribution >= 0.6 is 0 Å². The maximum atomic E-state index is 10.1. The molecule has 0 fully saturated rings. The summed E-state index contributed by atoms with van der Waals surface area (Å²) in [6, 6.07) is 0. The van der Waals surface area contributed by atoms with Gasteiger partial charge in [-0.05, 0) is 6.08 Å². The summed E-state index contributed by atoms with van der Waals surface area (Å²) in [6.07, 6.45) is 4.18. The predicted octanol–water partition coefficient (Wildman–Crippen LogP) is -0.250. The highest BCUT2D eigenvalue weighted by Crippen LogP contribution is 2.01. The van der Waals surface area contributed by atoms with Gasteiger partial charge in [0.2, 0.25) is 6.41 Å². The van der Waals surface area contributed by atoms with E-state index in [2.05, 4.69) is 0 Å². The minimum atomic E-state index is 0.540. The van der Waals surface area contributed by atoms with Crippen LogP contribution in [0.5, 0.6) is 0 Å². The van der Waals surface area contributed by atoms with E-state index in [4.69, 9.17) is 4.84 Å². The average Bonchev–Trinajstić information content (AvgIpc) is 2.37. The topological polar surface area (TPSA) is 32.8 Å². The van der Waals surface area contributed by atoms with Crippen LogP contribution in [0.1, 0.15) is 0 Å². The molecule has 4 nitrogen and oxygen atoms in total. The highest BCUT2D eigenvalue weighted by atomic mass is 16.7. The minimum Gasteiger partial charge on any atom is -0.277 e. The first-order valence-electron chi connectivity index (χ1n) is 2.61. The molecule has 1 aliphatic rings. The number of rotatable bonds is 2. The van der Waals surface area contributed by atoms with Crippen LogP contribution in [0.3, 0.4) is 0 Å². The summed E-state index contributed by atoms with van der Waals surface area (Å²) in [4.78, 5) is 15.0. The number of carbonyl (C=O) groups excluding carboxylic acids is 1. The van der Waals surface area contributed by atoms with Crippen LogP contribution in [0.15, 0.2) is 12.3 Å². The van der Waals surface area contributed by atoms with E-state index in [1.165, 1.54) is 10.2 Å². The van der Waals surface area contributed by atoms with Crippen molar-refractivity contribution < 1.29 is 9.63 Å². The van der Waals surface area contributed by atoms with Gasteiger partial charge < -0.3 is 0 Å². The van der Waals surface area contributed by atoms with Crippen molar-refractivity contribution in [3.63, 3.8) is 0 Å². The Kier molecular flexibility index (Phi) is 1.69. The van der Waals surface area contributed by atoms with E-state index in [9.17, 15) is 4.79 Å². The number of hydrogen-bond acceptors (Lipinski definition) is 3. The summed E-state index contributed by atoms with van der Waals surface area (Å²) < 4.78 is 0. The van der Waals surface area contributed by atoms with Crippen molar-refractivity contribution in [2.24, 2.45) is 0 Å². The number of carbonyl (C=O) groups is 1. The van der Waals surface area contributed by atoms with Gasteiger partial charge in [0.25, 0.3) is 0 Å². The molecule has 0 bridgehead atoms. The zero-order valence-electron chi connectivity index (χ0n) is 5.15. The Balaban J connectivity index is 2.42. The van der Waals surface area contributed by atoms with E-state index in [0.29, 0.717) is 13.0 Å². The predicted molar refractivity (Wildman–Crippen MR) is 30.8 cm³/mol. The van der Waals surface area contributed by atoms with Crippen molar-refractivity contribution in [3.8, 4) is 0 Å². The molecule has 0 N–H and O–H groups in total. The molecule has 0 spiro atoms. The van der Waals surface area contributed by atoms with E-state index >= 15 is 0 Å². The molecule has 9 heavy (non-hydrogen) atoms. The molecule has 1 aliphatic heterocycles. The normalized spacial score (nSPS) is 16.3. The molecule has 0 aliphatic carbocycles. The summed E-state index contributed by atoms with van der Waals surface area (Å²) in [5.74, 6) is 0. The number of amides is 1. The molecule has 4 heteroatoms. The van der Waals surface area contributed by atoms with Crippen molar-refractivity contribution in [2.45, 2.75) is 0 Å². The van der Waals surface area contributed by atoms with E-state index in [-0.39, 0.29) is 0 Å². The van der Waals surface area contributed by atoms with Crippen LogP contribution in [0.4, 0.5) is 0 Å². The van der Waals surface area contributed by atoms with Gasteiger partial charge in [0.05, 0.1) is 12.8 Å². The molecule has 50 valence electrons. The smallest absolute Gasteiger partial charge is 0.229 e. The van der Waals surface area contributed by atoms with Crippen molar-refractivity contribution in [3.05, 3.63) is 12.3 Å². The molecule has 1 amide bonds. The Bertz CT molecular complexity index is 135. The molecule has 0 saturated carbocycles. The number of hydrogen-bond donors (Lipinski definition) is 0. The van der Waals surface area contributed by atoms with Crippen LogP contribution in [-0.2, 0) is 9.63 Å². The fraction of sp³-hybridized carbons (Fsp3) is 0.400. The molecule has 0 atom stereocenters. The maximum Gasteiger partial charge on any atom is 0.229 e. The number of hydrazine groups is 1. The number of nitrogens with zero attached hydrogens (tertiary/aromatic N) is 2. The van der Waals surface area contributed by atoms with Gasteiger partial charge in [-0.15, -0.1) is 0 Å². The fourth-order valence-electron chi connectivity index (χ4n) is 0.538. The van der Waals surface area contributed by atoms with Crippen LogP contribution in [0.25, 0.3) is 0 Å². The molecule has 0 aromatic carbocycles. The van der Waals surface area contributed by atoms with Gasteiger partial charge in [-0.1, -0.05) is 0 Å². The second-order valence-electron chi connectivity index (χ2n) is 1.66. The first-order chi connectivity index (χ1) is 4.34. The Labute approximate surface area is 53.2 Å². The van der Waals surface area contributed by atoms with Gasteiger partial charge in [0, 0.05) is 7.05 Å². The largest absolute Gasteiger partial charge is 0.277 e. The average molecular weight is 128 g/mol. The third-order valence-electron chi connectivity index (χ3n) is 0.999. The standard InChI is InChI=1S/C5H8N2O2/c1-6(5-8)7-3-2-4-9-7/h2-3,5H,4H2,1H3. The Morgan fingerprint density at radius 2 is 2.67 bits per heavy atom. The van der Waals surface area contributed by atoms with E-state index in [0.717, 1.165) is 0 Å². The third kappa shape index (κ3) is 1.20. The van der Waals surface area contributed by atoms with Gasteiger partial charge in [0.1, 0.15) is 0 Å². The first kappa shape index (κ1) is 6.10. The van der Waals surface area contributed by atoms with Crippen molar-refractivity contribution in [1.82, 2.24) is 10.2 Å². The van der Waals surface area contributed by atoms with E-state index in [1.54, 1.807) is 13.2 Å². The van der Waals surface area contributed by atoms with Crippen molar-refractivity contribution in [2.75, 3.05) is 13.7 Å². The Morgan fingerprint density at radius 1 is 1.89 bits per heavy atom. The van der Waals surface area contributed by atoms with Gasteiger partial charge in [0.15, 0.2) is 0 Å². The second-order valence-corrected chi connectivity index (χ2v) is 1.66. The van der Waals surface area contributed by atoms with Crippen LogP contribution < -0.4 is 0 Å². The highest BCUT2D eigenvalue weighted by molar-refractivity contribution is 5.45. The van der Waals surface area contributed by atoms with Crippen molar-refractivity contribution >= 4 is 6.41 Å². The highest BCUT2D eigenvalue weighted by Gasteiger charge is 2.07. The lowest BCUT2D eigenvalue weighted by Crippen LogP contribution is -2.32. The zero-order valence-corrected chi connectivity index (χ0v) is 5.15. The lowest BCUT2D eigenvalue weighted by molar-refractivity contribution is -0.211. The molecule has 1 heterocycles. The monoisotopic (exact) mass is 128 g/mol. The Hall–Kier alpha value is -1.03. The SMILES string of the molecule is CN(C=O)N1C=CCO1. The summed E-state index contributed by atoms with van der Waals surface area (Å²) in [6.45, 7) is 0.540. The molecule has 1 rings (SSSR count). The zero-order chi connectivity index (χ0) is 6.69. The van der Waals surface area contributed by atoms with Gasteiger partial charge in [-0.25, -0.2) is 9.85 Å². The second kappa shape index (κ2) is 2.50. The first-order valence-corrected chi connectivity index (χ1v) is 2.61. The summed E-state index contributed by atoms with van der Waals surface area (Å²) in [5, 5.41) is 2.68. The fourth-order valence-corrected chi connectivity index (χ4v) is 0.538. The molecule has 0 saturated heterocycles. The van der Waals surface area contributed by atoms with Crippen LogP contribution in [0.2, 0.25) is 0 Å². The lowest BCUT2D eigenvalue weighted by Gasteiger charge is -2.20. The van der Waals surface area contributed by atoms with Gasteiger partial charge >= 0.3 is 0 Å². The van der Waals surface area contributed by atoms with Gasteiger partial charge in [-0.2, -0.15) is 5.17 Å². The molecular formula is C5H8N2O2. The molecular weight excluding hydrogens is 120 g/mol. The lowest BCUT2D eigenvalue weighted by atomic mass is 10.7.